The largest absolute Gasteiger partial charge is 0.368 e. The van der Waals surface area contributed by atoms with E-state index < -0.39 is 24.0 Å². The predicted molar refractivity (Wildman–Crippen MR) is 69.0 cm³/mol. The summed E-state index contributed by atoms with van der Waals surface area (Å²) in [5.41, 5.74) is -0.549. The van der Waals surface area contributed by atoms with Gasteiger partial charge in [-0.15, -0.1) is 0 Å². The highest BCUT2D eigenvalue weighted by molar-refractivity contribution is 5.08. The molecular weight excluding hydrogens is 260 g/mol. The molecule has 1 aliphatic carbocycles. The quantitative estimate of drug-likeness (QED) is 0.691. The molecular formula is C15H24O5. The third-order valence-electron chi connectivity index (χ3n) is 6.12. The fourth-order valence-electron chi connectivity index (χ4n) is 4.89. The number of rotatable bonds is 0. The molecule has 20 heavy (non-hydrogen) atoms. The first-order chi connectivity index (χ1) is 9.46. The molecule has 0 unspecified atom stereocenters. The number of aliphatic hydroxyl groups is 1. The van der Waals surface area contributed by atoms with Crippen LogP contribution in [0.5, 0.6) is 0 Å². The van der Waals surface area contributed by atoms with Crippen molar-refractivity contribution in [1.29, 1.82) is 0 Å². The van der Waals surface area contributed by atoms with Crippen LogP contribution in [0.15, 0.2) is 0 Å². The van der Waals surface area contributed by atoms with Crippen LogP contribution in [0.4, 0.5) is 0 Å². The topological polar surface area (TPSA) is 57.2 Å². The Morgan fingerprint density at radius 1 is 1.05 bits per heavy atom. The van der Waals surface area contributed by atoms with Gasteiger partial charge < -0.3 is 14.6 Å². The van der Waals surface area contributed by atoms with Crippen molar-refractivity contribution in [2.45, 2.75) is 70.4 Å². The Hall–Kier alpha value is -0.200. The Morgan fingerprint density at radius 3 is 2.65 bits per heavy atom. The Morgan fingerprint density at radius 2 is 1.85 bits per heavy atom. The third-order valence-corrected chi connectivity index (χ3v) is 6.12. The Kier molecular flexibility index (Phi) is 2.81. The molecule has 0 aromatic rings. The van der Waals surface area contributed by atoms with Gasteiger partial charge in [-0.2, -0.15) is 0 Å². The van der Waals surface area contributed by atoms with E-state index in [0.29, 0.717) is 11.8 Å². The number of hydrogen-bond donors (Lipinski definition) is 1. The van der Waals surface area contributed by atoms with Crippen LogP contribution in [0, 0.1) is 23.7 Å². The summed E-state index contributed by atoms with van der Waals surface area (Å²) in [7, 11) is 0. The molecule has 0 aromatic heterocycles. The van der Waals surface area contributed by atoms with Crippen molar-refractivity contribution in [3.8, 4) is 0 Å². The first-order valence-electron chi connectivity index (χ1n) is 7.84. The minimum Gasteiger partial charge on any atom is -0.368 e. The van der Waals surface area contributed by atoms with Crippen LogP contribution in [0.25, 0.3) is 0 Å². The molecule has 0 radical (unpaired) electrons. The van der Waals surface area contributed by atoms with Crippen LogP contribution in [0.1, 0.15) is 46.5 Å². The van der Waals surface area contributed by atoms with E-state index in [4.69, 9.17) is 19.2 Å². The van der Waals surface area contributed by atoms with E-state index in [1.54, 1.807) is 0 Å². The van der Waals surface area contributed by atoms with Gasteiger partial charge in [-0.05, 0) is 38.0 Å². The average molecular weight is 284 g/mol. The average Bonchev–Trinajstić information content (AvgIpc) is 2.63. The molecule has 5 rings (SSSR count). The predicted octanol–water partition coefficient (Wildman–Crippen LogP) is 2.19. The summed E-state index contributed by atoms with van der Waals surface area (Å²) in [6.07, 6.45) is 2.72. The molecule has 0 amide bonds. The summed E-state index contributed by atoms with van der Waals surface area (Å²) in [5, 5.41) is 10.2. The van der Waals surface area contributed by atoms with E-state index in [1.807, 2.05) is 13.8 Å². The Balaban J connectivity index is 1.82. The monoisotopic (exact) mass is 284 g/mol. The van der Waals surface area contributed by atoms with Gasteiger partial charge in [0.25, 0.3) is 0 Å². The number of ether oxygens (including phenoxy) is 2. The molecule has 114 valence electrons. The molecule has 1 spiro atoms. The molecule has 2 bridgehead atoms. The Labute approximate surface area is 119 Å². The zero-order valence-corrected chi connectivity index (χ0v) is 12.4. The lowest BCUT2D eigenvalue weighted by molar-refractivity contribution is -0.576. The van der Waals surface area contributed by atoms with Crippen molar-refractivity contribution >= 4 is 0 Å². The fourth-order valence-corrected chi connectivity index (χ4v) is 4.89. The first kappa shape index (κ1) is 13.5. The van der Waals surface area contributed by atoms with Crippen LogP contribution >= 0.6 is 0 Å². The normalized spacial score (nSPS) is 61.8. The molecule has 8 atom stereocenters. The van der Waals surface area contributed by atoms with Crippen LogP contribution in [-0.4, -0.2) is 29.1 Å². The highest BCUT2D eigenvalue weighted by Crippen LogP contribution is 2.60. The molecule has 1 N–H and O–H groups in total. The minimum atomic E-state index is -0.781. The highest BCUT2D eigenvalue weighted by Gasteiger charge is 2.69. The van der Waals surface area contributed by atoms with Gasteiger partial charge in [0.2, 0.25) is 5.79 Å². The molecule has 1 saturated carbocycles. The van der Waals surface area contributed by atoms with E-state index in [0.717, 1.165) is 19.3 Å². The standard InChI is InChI=1S/C15H24O5/c1-8-4-5-11-9(2)12(16)17-13-15(11)10(8)6-7-14(3,18-13)19-20-15/h8-13,16H,4-7H2,1-3H3/t8-,9-,10+,11-,12-,13-,14-,15-/m1/s1. The first-order valence-corrected chi connectivity index (χ1v) is 7.84. The van der Waals surface area contributed by atoms with Gasteiger partial charge in [-0.3, -0.25) is 0 Å². The maximum Gasteiger partial charge on any atom is 0.201 e. The van der Waals surface area contributed by atoms with E-state index in [-0.39, 0.29) is 11.8 Å². The van der Waals surface area contributed by atoms with E-state index >= 15 is 0 Å². The zero-order valence-electron chi connectivity index (χ0n) is 12.4. The molecule has 5 fully saturated rings. The second-order valence-electron chi connectivity index (χ2n) is 7.30. The van der Waals surface area contributed by atoms with Crippen LogP contribution < -0.4 is 0 Å². The van der Waals surface area contributed by atoms with Gasteiger partial charge in [0.1, 0.15) is 0 Å². The van der Waals surface area contributed by atoms with Crippen molar-refractivity contribution in [1.82, 2.24) is 0 Å². The molecule has 0 aromatic carbocycles. The van der Waals surface area contributed by atoms with E-state index in [9.17, 15) is 5.11 Å². The lowest BCUT2D eigenvalue weighted by atomic mass is 9.58. The summed E-state index contributed by atoms with van der Waals surface area (Å²) in [5.74, 6) is 0.437. The van der Waals surface area contributed by atoms with Gasteiger partial charge in [-0.25, -0.2) is 9.78 Å². The SMILES string of the molecule is C[C@H]1[C@H](O)O[C@@H]2O[C@@]3(C)CC[C@H]4[C@H](C)CC[C@H]1[C@@]24OO3. The number of hydrogen-bond acceptors (Lipinski definition) is 5. The zero-order chi connectivity index (χ0) is 14.1. The van der Waals surface area contributed by atoms with Gasteiger partial charge in [-0.1, -0.05) is 13.8 Å². The number of fused-ring (bicyclic) bond motifs is 2. The van der Waals surface area contributed by atoms with Crippen LogP contribution in [0.3, 0.4) is 0 Å². The fraction of sp³-hybridized carbons (Fsp3) is 1.00. The molecule has 5 heteroatoms. The smallest absolute Gasteiger partial charge is 0.201 e. The second-order valence-corrected chi connectivity index (χ2v) is 7.30. The van der Waals surface area contributed by atoms with E-state index in [2.05, 4.69) is 6.92 Å². The van der Waals surface area contributed by atoms with Crippen LogP contribution in [0.2, 0.25) is 0 Å². The summed E-state index contributed by atoms with van der Waals surface area (Å²) in [6, 6.07) is 0. The van der Waals surface area contributed by atoms with E-state index in [1.165, 1.54) is 6.42 Å². The molecule has 5 aliphatic rings. The number of aliphatic hydroxyl groups excluding tert-OH is 1. The molecule has 4 heterocycles. The maximum atomic E-state index is 10.2. The van der Waals surface area contributed by atoms with Crippen molar-refractivity contribution in [2.24, 2.45) is 23.7 Å². The molecule has 4 saturated heterocycles. The van der Waals surface area contributed by atoms with Crippen molar-refractivity contribution in [3.05, 3.63) is 0 Å². The Bertz CT molecular complexity index is 411. The van der Waals surface area contributed by atoms with Crippen molar-refractivity contribution < 1.29 is 24.4 Å². The van der Waals surface area contributed by atoms with Gasteiger partial charge in [0.15, 0.2) is 18.2 Å². The minimum absolute atomic E-state index is 0.0379. The lowest BCUT2D eigenvalue weighted by Gasteiger charge is -2.59. The van der Waals surface area contributed by atoms with Crippen LogP contribution in [-0.2, 0) is 19.2 Å². The molecule has 4 aliphatic heterocycles. The third kappa shape index (κ3) is 1.56. The van der Waals surface area contributed by atoms with Crippen molar-refractivity contribution in [3.63, 3.8) is 0 Å². The van der Waals surface area contributed by atoms with Gasteiger partial charge in [0, 0.05) is 18.3 Å². The second kappa shape index (κ2) is 4.17. The summed E-state index contributed by atoms with van der Waals surface area (Å²) < 4.78 is 11.9. The summed E-state index contributed by atoms with van der Waals surface area (Å²) >= 11 is 0. The summed E-state index contributed by atoms with van der Waals surface area (Å²) in [4.78, 5) is 11.6. The highest BCUT2D eigenvalue weighted by atomic mass is 17.3. The maximum absolute atomic E-state index is 10.2. The lowest BCUT2D eigenvalue weighted by Crippen LogP contribution is -2.70. The van der Waals surface area contributed by atoms with Crippen molar-refractivity contribution in [2.75, 3.05) is 0 Å². The summed E-state index contributed by atoms with van der Waals surface area (Å²) in [6.45, 7) is 6.22. The van der Waals surface area contributed by atoms with Gasteiger partial charge >= 0.3 is 0 Å². The van der Waals surface area contributed by atoms with Gasteiger partial charge in [0.05, 0.1) is 0 Å². The molecule has 5 nitrogen and oxygen atoms in total.